The molecule has 2 aromatic heterocycles. The van der Waals surface area contributed by atoms with Gasteiger partial charge in [-0.15, -0.1) is 0 Å². The first kappa shape index (κ1) is 16.2. The van der Waals surface area contributed by atoms with Gasteiger partial charge in [0, 0.05) is 42.3 Å². The predicted octanol–water partition coefficient (Wildman–Crippen LogP) is 2.36. The molecule has 3 aromatic rings. The van der Waals surface area contributed by atoms with E-state index in [1.165, 1.54) is 4.57 Å². The monoisotopic (exact) mass is 343 g/mol. The molecule has 0 saturated heterocycles. The van der Waals surface area contributed by atoms with Crippen LogP contribution in [0.5, 0.6) is 0 Å². The Bertz CT molecular complexity index is 1070. The number of nitrogens with one attached hydrogen (secondary N) is 1. The van der Waals surface area contributed by atoms with E-state index >= 15 is 0 Å². The average molecular weight is 343 g/mol. The van der Waals surface area contributed by atoms with Crippen molar-refractivity contribution in [3.05, 3.63) is 59.3 Å². The lowest BCUT2D eigenvalue weighted by atomic mass is 10.0. The second-order valence-corrected chi connectivity index (χ2v) is 7.48. The topological polar surface area (TPSA) is 81.1 Å². The van der Waals surface area contributed by atoms with Gasteiger partial charge < -0.3 is 4.57 Å². The van der Waals surface area contributed by atoms with E-state index in [0.29, 0.717) is 11.1 Å². The molecule has 0 amide bonds. The molecule has 1 aromatic carbocycles. The summed E-state index contributed by atoms with van der Waals surface area (Å²) in [6.07, 6.45) is 4.97. The van der Waals surface area contributed by atoms with Crippen LogP contribution in [0.15, 0.2) is 53.7 Å². The summed E-state index contributed by atoms with van der Waals surface area (Å²) in [5.74, 6) is 0.00389. The Morgan fingerprint density at radius 3 is 2.75 bits per heavy atom. The van der Waals surface area contributed by atoms with E-state index in [2.05, 4.69) is 9.71 Å². The molecule has 124 valence electrons. The van der Waals surface area contributed by atoms with Crippen molar-refractivity contribution in [1.29, 1.82) is 0 Å². The van der Waals surface area contributed by atoms with Crippen molar-refractivity contribution >= 4 is 26.5 Å². The summed E-state index contributed by atoms with van der Waals surface area (Å²) in [5.41, 5.74) is 2.01. The number of pyridine rings is 2. The largest absolute Gasteiger partial charge is 0.317 e. The van der Waals surface area contributed by atoms with Gasteiger partial charge in [-0.2, -0.15) is 0 Å². The van der Waals surface area contributed by atoms with E-state index in [0.717, 1.165) is 16.5 Å². The Labute approximate surface area is 139 Å². The lowest BCUT2D eigenvalue weighted by Gasteiger charge is -2.11. The molecule has 0 bridgehead atoms. The number of hydrogen-bond donors (Lipinski definition) is 1. The zero-order valence-corrected chi connectivity index (χ0v) is 14.2. The molecule has 0 saturated carbocycles. The molecular formula is C17H17N3O3S. The highest BCUT2D eigenvalue weighted by Crippen LogP contribution is 2.28. The van der Waals surface area contributed by atoms with Gasteiger partial charge in [0.15, 0.2) is 0 Å². The number of aryl methyl sites for hydroxylation is 1. The fourth-order valence-electron chi connectivity index (χ4n) is 2.54. The standard InChI is InChI=1S/C17H17N3O3S/c1-3-24(22,23)19-13-6-4-5-12(9-13)16-11-20(2)17(21)14-7-8-18-10-15(14)16/h4-11,19H,3H2,1-2H3. The van der Waals surface area contributed by atoms with Crippen LogP contribution in [0.25, 0.3) is 21.9 Å². The van der Waals surface area contributed by atoms with Crippen LogP contribution in [0.4, 0.5) is 5.69 Å². The second-order valence-electron chi connectivity index (χ2n) is 5.47. The van der Waals surface area contributed by atoms with Crippen molar-refractivity contribution in [3.8, 4) is 11.1 Å². The minimum Gasteiger partial charge on any atom is -0.317 e. The Hall–Kier alpha value is -2.67. The van der Waals surface area contributed by atoms with Crippen molar-refractivity contribution in [2.75, 3.05) is 10.5 Å². The number of hydrogen-bond acceptors (Lipinski definition) is 4. The van der Waals surface area contributed by atoms with E-state index in [9.17, 15) is 13.2 Å². The predicted molar refractivity (Wildman–Crippen MR) is 95.5 cm³/mol. The van der Waals surface area contributed by atoms with Gasteiger partial charge in [0.25, 0.3) is 5.56 Å². The molecule has 3 rings (SSSR count). The van der Waals surface area contributed by atoms with Gasteiger partial charge in [-0.3, -0.25) is 14.5 Å². The van der Waals surface area contributed by atoms with Crippen molar-refractivity contribution in [3.63, 3.8) is 0 Å². The number of benzene rings is 1. The van der Waals surface area contributed by atoms with Crippen LogP contribution in [0.2, 0.25) is 0 Å². The molecule has 1 N–H and O–H groups in total. The van der Waals surface area contributed by atoms with Crippen LogP contribution in [0.3, 0.4) is 0 Å². The first-order valence-electron chi connectivity index (χ1n) is 7.45. The maximum Gasteiger partial charge on any atom is 0.258 e. The maximum absolute atomic E-state index is 12.2. The molecule has 6 nitrogen and oxygen atoms in total. The number of sulfonamides is 1. The Balaban J connectivity index is 2.19. The first-order chi connectivity index (χ1) is 11.4. The van der Waals surface area contributed by atoms with Gasteiger partial charge in [-0.05, 0) is 30.7 Å². The third-order valence-electron chi connectivity index (χ3n) is 3.81. The average Bonchev–Trinajstić information content (AvgIpc) is 2.58. The molecule has 0 unspecified atom stereocenters. The minimum atomic E-state index is -3.35. The van der Waals surface area contributed by atoms with E-state index in [1.807, 2.05) is 6.07 Å². The van der Waals surface area contributed by atoms with Crippen molar-refractivity contribution in [2.24, 2.45) is 7.05 Å². The molecule has 0 atom stereocenters. The van der Waals surface area contributed by atoms with E-state index < -0.39 is 10.0 Å². The fraction of sp³-hybridized carbons (Fsp3) is 0.176. The fourth-order valence-corrected chi connectivity index (χ4v) is 3.17. The second kappa shape index (κ2) is 6.09. The molecule has 0 spiro atoms. The zero-order valence-electron chi connectivity index (χ0n) is 13.4. The van der Waals surface area contributed by atoms with E-state index in [4.69, 9.17) is 0 Å². The van der Waals surface area contributed by atoms with Crippen LogP contribution in [-0.4, -0.2) is 23.7 Å². The number of anilines is 1. The van der Waals surface area contributed by atoms with Crippen molar-refractivity contribution in [2.45, 2.75) is 6.92 Å². The molecule has 0 aliphatic carbocycles. The number of nitrogens with zero attached hydrogens (tertiary/aromatic N) is 2. The summed E-state index contributed by atoms with van der Waals surface area (Å²) in [4.78, 5) is 16.4. The van der Waals surface area contributed by atoms with Gasteiger partial charge in [0.05, 0.1) is 11.1 Å². The SMILES string of the molecule is CCS(=O)(=O)Nc1cccc(-c2cn(C)c(=O)c3ccncc23)c1. The number of aromatic nitrogens is 2. The highest BCUT2D eigenvalue weighted by Gasteiger charge is 2.11. The highest BCUT2D eigenvalue weighted by atomic mass is 32.2. The van der Waals surface area contributed by atoms with Crippen LogP contribution < -0.4 is 10.3 Å². The van der Waals surface area contributed by atoms with Gasteiger partial charge in [0.1, 0.15) is 0 Å². The summed E-state index contributed by atoms with van der Waals surface area (Å²) in [6, 6.07) is 8.77. The summed E-state index contributed by atoms with van der Waals surface area (Å²) in [6.45, 7) is 1.58. The molecule has 2 heterocycles. The van der Waals surface area contributed by atoms with E-state index in [1.54, 1.807) is 56.8 Å². The summed E-state index contributed by atoms with van der Waals surface area (Å²) < 4.78 is 27.6. The van der Waals surface area contributed by atoms with Crippen LogP contribution in [-0.2, 0) is 17.1 Å². The zero-order chi connectivity index (χ0) is 17.3. The van der Waals surface area contributed by atoms with Gasteiger partial charge in [-0.25, -0.2) is 8.42 Å². The van der Waals surface area contributed by atoms with Crippen molar-refractivity contribution in [1.82, 2.24) is 9.55 Å². The molecule has 7 heteroatoms. The Morgan fingerprint density at radius 2 is 2.00 bits per heavy atom. The molecule has 24 heavy (non-hydrogen) atoms. The minimum absolute atomic E-state index is 0.00389. The molecule has 0 aliphatic rings. The van der Waals surface area contributed by atoms with Crippen molar-refractivity contribution < 1.29 is 8.42 Å². The molecule has 0 radical (unpaired) electrons. The summed E-state index contributed by atoms with van der Waals surface area (Å²) >= 11 is 0. The first-order valence-corrected chi connectivity index (χ1v) is 9.11. The van der Waals surface area contributed by atoms with Crippen LogP contribution >= 0.6 is 0 Å². The van der Waals surface area contributed by atoms with Crippen LogP contribution in [0.1, 0.15) is 6.92 Å². The van der Waals surface area contributed by atoms with Crippen LogP contribution in [0, 0.1) is 0 Å². The molecule has 0 aliphatic heterocycles. The lowest BCUT2D eigenvalue weighted by molar-refractivity contribution is 0.602. The van der Waals surface area contributed by atoms with E-state index in [-0.39, 0.29) is 11.3 Å². The summed E-state index contributed by atoms with van der Waals surface area (Å²) in [7, 11) is -1.66. The third kappa shape index (κ3) is 3.03. The number of rotatable bonds is 4. The smallest absolute Gasteiger partial charge is 0.258 e. The highest BCUT2D eigenvalue weighted by molar-refractivity contribution is 7.92. The molecule has 0 fully saturated rings. The number of fused-ring (bicyclic) bond motifs is 1. The van der Waals surface area contributed by atoms with Gasteiger partial charge in [0.2, 0.25) is 10.0 Å². The maximum atomic E-state index is 12.2. The Morgan fingerprint density at radius 1 is 1.21 bits per heavy atom. The quantitative estimate of drug-likeness (QED) is 0.788. The Kier molecular flexibility index (Phi) is 4.11. The summed E-state index contributed by atoms with van der Waals surface area (Å²) in [5, 5.41) is 1.31. The van der Waals surface area contributed by atoms with Gasteiger partial charge >= 0.3 is 0 Å². The lowest BCUT2D eigenvalue weighted by Crippen LogP contribution is -2.16. The molecular weight excluding hydrogens is 326 g/mol. The van der Waals surface area contributed by atoms with Gasteiger partial charge in [-0.1, -0.05) is 12.1 Å². The normalized spacial score (nSPS) is 11.6. The third-order valence-corrected chi connectivity index (χ3v) is 5.12.